The maximum absolute atomic E-state index is 13.5. The van der Waals surface area contributed by atoms with Gasteiger partial charge in [0, 0.05) is 11.6 Å². The molecule has 6 nitrogen and oxygen atoms in total. The summed E-state index contributed by atoms with van der Waals surface area (Å²) in [4.78, 5) is 21.2. The molecule has 0 aliphatic heterocycles. The van der Waals surface area contributed by atoms with E-state index in [9.17, 15) is 19.3 Å². The van der Waals surface area contributed by atoms with Crippen LogP contribution in [0.2, 0.25) is 5.02 Å². The van der Waals surface area contributed by atoms with E-state index in [0.717, 1.165) is 17.7 Å². The number of nitro groups is 1. The third kappa shape index (κ3) is 5.48. The van der Waals surface area contributed by atoms with E-state index in [0.29, 0.717) is 0 Å². The van der Waals surface area contributed by atoms with E-state index in [2.05, 4.69) is 17.2 Å². The number of benzene rings is 2. The van der Waals surface area contributed by atoms with Crippen molar-refractivity contribution in [3.63, 3.8) is 0 Å². The number of nitro benzene ring substituents is 1. The van der Waals surface area contributed by atoms with Crippen molar-refractivity contribution in [3.8, 4) is 11.8 Å². The van der Waals surface area contributed by atoms with Gasteiger partial charge in [0.1, 0.15) is 6.61 Å². The van der Waals surface area contributed by atoms with E-state index in [1.807, 2.05) is 30.3 Å². The smallest absolute Gasteiger partial charge is 0.408 e. The number of halogens is 2. The van der Waals surface area contributed by atoms with Gasteiger partial charge in [-0.05, 0) is 11.6 Å². The summed E-state index contributed by atoms with van der Waals surface area (Å²) < 4.78 is 18.5. The highest BCUT2D eigenvalue weighted by Gasteiger charge is 2.16. The number of amides is 1. The van der Waals surface area contributed by atoms with Gasteiger partial charge in [0.25, 0.3) is 0 Å². The molecular formula is C17H12ClFN2O4. The predicted octanol–water partition coefficient (Wildman–Crippen LogP) is 3.67. The molecule has 2 aromatic carbocycles. The molecular weight excluding hydrogens is 351 g/mol. The molecule has 0 saturated heterocycles. The SMILES string of the molecule is O=C(NCC#Cc1cc(F)c([N+](=O)[O-])cc1Cl)OCc1ccccc1. The van der Waals surface area contributed by atoms with Crippen molar-refractivity contribution in [2.75, 3.05) is 6.54 Å². The largest absolute Gasteiger partial charge is 0.445 e. The van der Waals surface area contributed by atoms with Crippen LogP contribution in [0.4, 0.5) is 14.9 Å². The Bertz CT molecular complexity index is 847. The topological polar surface area (TPSA) is 81.5 Å². The first kappa shape index (κ1) is 18.2. The summed E-state index contributed by atoms with van der Waals surface area (Å²) in [6.07, 6.45) is -0.654. The van der Waals surface area contributed by atoms with Crippen LogP contribution in [0.5, 0.6) is 0 Å². The zero-order valence-corrected chi connectivity index (χ0v) is 13.5. The average molecular weight is 363 g/mol. The van der Waals surface area contributed by atoms with Crippen LogP contribution in [0.1, 0.15) is 11.1 Å². The normalized spacial score (nSPS) is 9.68. The Kier molecular flexibility index (Phi) is 6.32. The lowest BCUT2D eigenvalue weighted by atomic mass is 10.2. The Morgan fingerprint density at radius 3 is 2.72 bits per heavy atom. The Morgan fingerprint density at radius 1 is 1.32 bits per heavy atom. The summed E-state index contributed by atoms with van der Waals surface area (Å²) in [6, 6.07) is 10.9. The van der Waals surface area contributed by atoms with Crippen LogP contribution in [-0.4, -0.2) is 17.6 Å². The van der Waals surface area contributed by atoms with Gasteiger partial charge in [-0.1, -0.05) is 53.8 Å². The van der Waals surface area contributed by atoms with Crippen LogP contribution in [-0.2, 0) is 11.3 Å². The third-order valence-electron chi connectivity index (χ3n) is 2.99. The summed E-state index contributed by atoms with van der Waals surface area (Å²) in [5, 5.41) is 13.0. The second-order valence-corrected chi connectivity index (χ2v) is 5.16. The molecule has 2 rings (SSSR count). The monoisotopic (exact) mass is 362 g/mol. The zero-order chi connectivity index (χ0) is 18.2. The summed E-state index contributed by atoms with van der Waals surface area (Å²) in [5.74, 6) is 4.07. The van der Waals surface area contributed by atoms with Gasteiger partial charge >= 0.3 is 11.8 Å². The maximum Gasteiger partial charge on any atom is 0.408 e. The molecule has 2 aromatic rings. The fourth-order valence-electron chi connectivity index (χ4n) is 1.80. The van der Waals surface area contributed by atoms with Gasteiger partial charge in [0.2, 0.25) is 5.82 Å². The van der Waals surface area contributed by atoms with Crippen molar-refractivity contribution >= 4 is 23.4 Å². The predicted molar refractivity (Wildman–Crippen MR) is 89.6 cm³/mol. The minimum atomic E-state index is -1.03. The number of carbonyl (C=O) groups is 1. The molecule has 0 aromatic heterocycles. The number of rotatable bonds is 4. The number of hydrogen-bond donors (Lipinski definition) is 1. The van der Waals surface area contributed by atoms with Crippen molar-refractivity contribution in [3.05, 3.63) is 74.5 Å². The molecule has 0 bridgehead atoms. The van der Waals surface area contributed by atoms with Crippen LogP contribution in [0.3, 0.4) is 0 Å². The standard InChI is InChI=1S/C17H12ClFN2O4/c18-14-10-16(21(23)24)15(19)9-13(14)7-4-8-20-17(22)25-11-12-5-2-1-3-6-12/h1-3,5-6,9-10H,8,11H2,(H,20,22). The first-order chi connectivity index (χ1) is 12.0. The Hall–Kier alpha value is -3.11. The number of carbonyl (C=O) groups excluding carboxylic acids is 1. The van der Waals surface area contributed by atoms with Crippen molar-refractivity contribution in [2.45, 2.75) is 6.61 Å². The Balaban J connectivity index is 1.87. The average Bonchev–Trinajstić information content (AvgIpc) is 2.60. The van der Waals surface area contributed by atoms with Crippen LogP contribution in [0.25, 0.3) is 0 Å². The van der Waals surface area contributed by atoms with Crippen molar-refractivity contribution in [1.29, 1.82) is 0 Å². The highest BCUT2D eigenvalue weighted by atomic mass is 35.5. The van der Waals surface area contributed by atoms with Crippen molar-refractivity contribution in [1.82, 2.24) is 5.32 Å². The lowest BCUT2D eigenvalue weighted by Crippen LogP contribution is -2.24. The molecule has 0 fully saturated rings. The quantitative estimate of drug-likeness (QED) is 0.511. The number of ether oxygens (including phenoxy) is 1. The van der Waals surface area contributed by atoms with Crippen LogP contribution < -0.4 is 5.32 Å². The van der Waals surface area contributed by atoms with Crippen LogP contribution in [0.15, 0.2) is 42.5 Å². The van der Waals surface area contributed by atoms with E-state index in [-0.39, 0.29) is 23.7 Å². The number of hydrogen-bond acceptors (Lipinski definition) is 4. The zero-order valence-electron chi connectivity index (χ0n) is 12.8. The molecule has 0 aliphatic carbocycles. The molecule has 0 radical (unpaired) electrons. The van der Waals surface area contributed by atoms with Gasteiger partial charge < -0.3 is 10.1 Å². The molecule has 1 amide bonds. The van der Waals surface area contributed by atoms with Gasteiger partial charge in [0.15, 0.2) is 0 Å². The molecule has 1 N–H and O–H groups in total. The highest BCUT2D eigenvalue weighted by Crippen LogP contribution is 2.25. The lowest BCUT2D eigenvalue weighted by Gasteiger charge is -2.04. The highest BCUT2D eigenvalue weighted by molar-refractivity contribution is 6.32. The van der Waals surface area contributed by atoms with E-state index in [4.69, 9.17) is 16.3 Å². The molecule has 0 spiro atoms. The number of nitrogens with one attached hydrogen (secondary N) is 1. The summed E-state index contributed by atoms with van der Waals surface area (Å²) in [7, 11) is 0. The van der Waals surface area contributed by atoms with Crippen LogP contribution in [0, 0.1) is 27.8 Å². The van der Waals surface area contributed by atoms with Crippen molar-refractivity contribution < 1.29 is 18.8 Å². The minimum Gasteiger partial charge on any atom is -0.445 e. The van der Waals surface area contributed by atoms with Gasteiger partial charge in [-0.15, -0.1) is 0 Å². The first-order valence-corrected chi connectivity index (χ1v) is 7.42. The molecule has 8 heteroatoms. The minimum absolute atomic E-state index is 0.0488. The molecule has 128 valence electrons. The Labute approximate surface area is 147 Å². The fourth-order valence-corrected chi connectivity index (χ4v) is 2.01. The van der Waals surface area contributed by atoms with E-state index in [1.54, 1.807) is 0 Å². The summed E-state index contributed by atoms with van der Waals surface area (Å²) in [6.45, 7) is 0.0715. The van der Waals surface area contributed by atoms with Gasteiger partial charge in [-0.2, -0.15) is 4.39 Å². The second kappa shape index (κ2) is 8.66. The molecule has 0 heterocycles. The molecule has 25 heavy (non-hydrogen) atoms. The first-order valence-electron chi connectivity index (χ1n) is 7.04. The third-order valence-corrected chi connectivity index (χ3v) is 3.30. The molecule has 0 unspecified atom stereocenters. The molecule has 0 aliphatic rings. The second-order valence-electron chi connectivity index (χ2n) is 4.76. The fraction of sp³-hybridized carbons (Fsp3) is 0.118. The van der Waals surface area contributed by atoms with E-state index < -0.39 is 22.5 Å². The van der Waals surface area contributed by atoms with E-state index >= 15 is 0 Å². The Morgan fingerprint density at radius 2 is 2.04 bits per heavy atom. The van der Waals surface area contributed by atoms with E-state index in [1.165, 1.54) is 0 Å². The van der Waals surface area contributed by atoms with Crippen molar-refractivity contribution in [2.24, 2.45) is 0 Å². The maximum atomic E-state index is 13.5. The van der Waals surface area contributed by atoms with Crippen LogP contribution >= 0.6 is 11.6 Å². The number of nitrogens with zero attached hydrogens (tertiary/aromatic N) is 1. The number of alkyl carbamates (subject to hydrolysis) is 1. The lowest BCUT2D eigenvalue weighted by molar-refractivity contribution is -0.387. The summed E-state index contributed by atoms with van der Waals surface area (Å²) >= 11 is 5.82. The molecule has 0 atom stereocenters. The summed E-state index contributed by atoms with van der Waals surface area (Å²) in [5.41, 5.74) is 0.208. The van der Waals surface area contributed by atoms with Gasteiger partial charge in [-0.3, -0.25) is 10.1 Å². The van der Waals surface area contributed by atoms with Gasteiger partial charge in [0.05, 0.1) is 16.5 Å². The molecule has 0 saturated carbocycles. The van der Waals surface area contributed by atoms with Gasteiger partial charge in [-0.25, -0.2) is 4.79 Å².